The summed E-state index contributed by atoms with van der Waals surface area (Å²) >= 11 is 0. The van der Waals surface area contributed by atoms with Gasteiger partial charge in [0, 0.05) is 24.6 Å². The molecule has 1 aromatic heterocycles. The van der Waals surface area contributed by atoms with Crippen LogP contribution < -0.4 is 13.9 Å². The maximum Gasteiger partial charge on any atom is 0.235 e. The van der Waals surface area contributed by atoms with Crippen LogP contribution in [0.25, 0.3) is 11.3 Å². The molecule has 7 nitrogen and oxygen atoms in total. The van der Waals surface area contributed by atoms with Gasteiger partial charge in [-0.25, -0.2) is 31.6 Å². The van der Waals surface area contributed by atoms with Gasteiger partial charge in [-0.15, -0.1) is 0 Å². The largest absolute Gasteiger partial charge is 0.481 e. The van der Waals surface area contributed by atoms with Crippen molar-refractivity contribution in [1.82, 2.24) is 9.97 Å². The lowest BCUT2D eigenvalue weighted by atomic mass is 10.00. The van der Waals surface area contributed by atoms with E-state index >= 15 is 8.78 Å². The van der Waals surface area contributed by atoms with Crippen LogP contribution in [0.2, 0.25) is 0 Å². The topological polar surface area (TPSA) is 75.6 Å². The van der Waals surface area contributed by atoms with E-state index in [2.05, 4.69) is 14.9 Å². The lowest BCUT2D eigenvalue weighted by Crippen LogP contribution is -2.50. The molecule has 40 heavy (non-hydrogen) atoms. The van der Waals surface area contributed by atoms with Gasteiger partial charge in [-0.3, -0.25) is 4.31 Å². The number of hydrogen-bond acceptors (Lipinski definition) is 6. The highest BCUT2D eigenvalue weighted by Crippen LogP contribution is 2.43. The molecule has 0 radical (unpaired) electrons. The first-order valence-corrected chi connectivity index (χ1v) is 15.1. The Morgan fingerprint density at radius 1 is 1.05 bits per heavy atom. The average Bonchev–Trinajstić information content (AvgIpc) is 2.89. The number of halogens is 3. The van der Waals surface area contributed by atoms with Crippen molar-refractivity contribution >= 4 is 21.4 Å². The molecule has 2 aromatic carbocycles. The highest BCUT2D eigenvalue weighted by molar-refractivity contribution is 7.92. The van der Waals surface area contributed by atoms with Crippen LogP contribution in [0.1, 0.15) is 58.3 Å². The summed E-state index contributed by atoms with van der Waals surface area (Å²) in [5.41, 5.74) is 0.597. The summed E-state index contributed by atoms with van der Waals surface area (Å²) in [7, 11) is -3.56. The summed E-state index contributed by atoms with van der Waals surface area (Å²) in [6, 6.07) is 7.27. The smallest absolute Gasteiger partial charge is 0.235 e. The molecule has 0 bridgehead atoms. The van der Waals surface area contributed by atoms with E-state index in [0.29, 0.717) is 30.6 Å². The molecular weight excluding hydrogens is 541 g/mol. The fourth-order valence-electron chi connectivity index (χ4n) is 5.24. The molecule has 0 saturated carbocycles. The van der Waals surface area contributed by atoms with E-state index < -0.39 is 33.1 Å². The van der Waals surface area contributed by atoms with Crippen molar-refractivity contribution in [3.8, 4) is 17.0 Å². The van der Waals surface area contributed by atoms with Crippen LogP contribution in [0.3, 0.4) is 0 Å². The number of ether oxygens (including phenoxy) is 1. The monoisotopic (exact) mass is 574 g/mol. The van der Waals surface area contributed by atoms with E-state index in [1.54, 1.807) is 12.1 Å². The van der Waals surface area contributed by atoms with Crippen molar-refractivity contribution in [3.05, 3.63) is 65.4 Å². The molecular formula is C29H33F3N4O3S. The van der Waals surface area contributed by atoms with Gasteiger partial charge in [-0.1, -0.05) is 13.0 Å². The molecule has 11 heteroatoms. The molecule has 0 aliphatic carbocycles. The van der Waals surface area contributed by atoms with Gasteiger partial charge < -0.3 is 9.64 Å². The van der Waals surface area contributed by atoms with Gasteiger partial charge in [0.1, 0.15) is 22.9 Å². The minimum atomic E-state index is -3.56. The molecule has 2 aliphatic rings. The maximum atomic E-state index is 15.4. The van der Waals surface area contributed by atoms with Crippen LogP contribution in [-0.2, 0) is 16.4 Å². The van der Waals surface area contributed by atoms with Crippen molar-refractivity contribution in [2.24, 2.45) is 0 Å². The Labute approximate surface area is 233 Å². The second-order valence-corrected chi connectivity index (χ2v) is 13.1. The van der Waals surface area contributed by atoms with Gasteiger partial charge in [-0.05, 0) is 69.9 Å². The van der Waals surface area contributed by atoms with Crippen molar-refractivity contribution in [2.75, 3.05) is 28.0 Å². The molecule has 0 N–H and O–H groups in total. The summed E-state index contributed by atoms with van der Waals surface area (Å²) in [4.78, 5) is 10.5. The zero-order valence-corrected chi connectivity index (χ0v) is 23.9. The molecule has 3 heterocycles. The van der Waals surface area contributed by atoms with Crippen LogP contribution in [-0.4, -0.2) is 48.9 Å². The second-order valence-electron chi connectivity index (χ2n) is 11.1. The van der Waals surface area contributed by atoms with Crippen LogP contribution in [0.4, 0.5) is 24.5 Å². The first kappa shape index (κ1) is 28.2. The Hall–Kier alpha value is -3.34. The summed E-state index contributed by atoms with van der Waals surface area (Å²) in [5, 5.41) is 0. The lowest BCUT2D eigenvalue weighted by Gasteiger charge is -2.44. The predicted octanol–water partition coefficient (Wildman–Crippen LogP) is 5.86. The lowest BCUT2D eigenvalue weighted by molar-refractivity contribution is 0.0960. The number of rotatable bonds is 6. The van der Waals surface area contributed by atoms with Gasteiger partial charge in [0.05, 0.1) is 29.9 Å². The number of sulfonamides is 1. The third kappa shape index (κ3) is 5.48. The zero-order chi connectivity index (χ0) is 28.8. The normalized spacial score (nSPS) is 18.7. The first-order chi connectivity index (χ1) is 18.9. The van der Waals surface area contributed by atoms with E-state index in [1.165, 1.54) is 18.2 Å². The highest BCUT2D eigenvalue weighted by atomic mass is 32.2. The fourth-order valence-corrected chi connectivity index (χ4v) is 6.89. The van der Waals surface area contributed by atoms with Gasteiger partial charge >= 0.3 is 0 Å². The van der Waals surface area contributed by atoms with Crippen LogP contribution >= 0.6 is 0 Å². The number of hydrogen-bond donors (Lipinski definition) is 0. The van der Waals surface area contributed by atoms with Crippen LogP contribution in [0.15, 0.2) is 36.5 Å². The van der Waals surface area contributed by atoms with Gasteiger partial charge in [-0.2, -0.15) is 0 Å². The number of fused-ring (bicyclic) bond motifs is 1. The van der Waals surface area contributed by atoms with E-state index in [1.807, 2.05) is 27.7 Å². The second kappa shape index (κ2) is 10.6. The number of anilines is 2. The number of nitrogens with zero attached hydrogens (tertiary/aromatic N) is 4. The fraction of sp³-hybridized carbons (Fsp3) is 0.448. The maximum absolute atomic E-state index is 15.4. The summed E-state index contributed by atoms with van der Waals surface area (Å²) in [5.74, 6) is -1.67. The predicted molar refractivity (Wildman–Crippen MR) is 149 cm³/mol. The standard InChI is InChI=1S/C29H33F3N4O3S/c1-5-18(2)35-17-29(3,4)39-28-22(31)14-20(15-25(28)35)27-23(32)16-33-26(34-27)13-19-8-9-24(21(30)12-19)36-10-6-7-11-40(36,37)38/h8-9,12,14-16,18H,5-7,10-11,13,17H2,1-4H3. The van der Waals surface area contributed by atoms with Gasteiger partial charge in [0.25, 0.3) is 0 Å². The molecule has 0 amide bonds. The third-order valence-corrected chi connectivity index (χ3v) is 9.30. The Balaban J connectivity index is 1.46. The highest BCUT2D eigenvalue weighted by Gasteiger charge is 2.36. The zero-order valence-electron chi connectivity index (χ0n) is 23.0. The molecule has 1 saturated heterocycles. The molecule has 5 rings (SSSR count). The Morgan fingerprint density at radius 2 is 1.82 bits per heavy atom. The van der Waals surface area contributed by atoms with Crippen molar-refractivity contribution in [1.29, 1.82) is 0 Å². The first-order valence-electron chi connectivity index (χ1n) is 13.5. The Bertz CT molecular complexity index is 1550. The van der Waals surface area contributed by atoms with Gasteiger partial charge in [0.15, 0.2) is 17.4 Å². The minimum Gasteiger partial charge on any atom is -0.481 e. The van der Waals surface area contributed by atoms with E-state index in [-0.39, 0.29) is 53.3 Å². The molecule has 0 spiro atoms. The summed E-state index contributed by atoms with van der Waals surface area (Å²) < 4.78 is 77.2. The quantitative estimate of drug-likeness (QED) is 0.367. The Kier molecular flexibility index (Phi) is 7.45. The van der Waals surface area contributed by atoms with Crippen molar-refractivity contribution in [2.45, 2.75) is 65.0 Å². The number of aromatic nitrogens is 2. The average molecular weight is 575 g/mol. The van der Waals surface area contributed by atoms with Crippen molar-refractivity contribution in [3.63, 3.8) is 0 Å². The van der Waals surface area contributed by atoms with Gasteiger partial charge in [0.2, 0.25) is 10.0 Å². The third-order valence-electron chi connectivity index (χ3n) is 7.45. The van der Waals surface area contributed by atoms with Crippen molar-refractivity contribution < 1.29 is 26.3 Å². The number of benzene rings is 2. The molecule has 214 valence electrons. The summed E-state index contributed by atoms with van der Waals surface area (Å²) in [6.45, 7) is 8.66. The molecule has 3 aromatic rings. The molecule has 2 aliphatic heterocycles. The van der Waals surface area contributed by atoms with E-state index in [0.717, 1.165) is 16.9 Å². The van der Waals surface area contributed by atoms with Crippen LogP contribution in [0, 0.1) is 17.5 Å². The Morgan fingerprint density at radius 3 is 2.52 bits per heavy atom. The van der Waals surface area contributed by atoms with E-state index in [9.17, 15) is 12.8 Å². The van der Waals surface area contributed by atoms with E-state index in [4.69, 9.17) is 4.74 Å². The summed E-state index contributed by atoms with van der Waals surface area (Å²) in [6.07, 6.45) is 3.13. The SMILES string of the molecule is CCC(C)N1CC(C)(C)Oc2c(F)cc(-c3nc(Cc4ccc(N5CCCCS5(=O)=O)c(F)c4)ncc3F)cc21. The van der Waals surface area contributed by atoms with Crippen LogP contribution in [0.5, 0.6) is 5.75 Å². The minimum absolute atomic E-state index is 0.00459. The molecule has 1 atom stereocenters. The molecule has 1 fully saturated rings. The molecule has 1 unspecified atom stereocenters.